The van der Waals surface area contributed by atoms with Crippen molar-refractivity contribution in [2.75, 3.05) is 11.9 Å². The number of aromatic carboxylic acids is 1. The number of aromatic hydroxyl groups is 1. The number of phenolic OH excluding ortho intramolecular Hbond substituents is 1. The summed E-state index contributed by atoms with van der Waals surface area (Å²) in [6.07, 6.45) is 10.6. The number of hydrogen-bond acceptors (Lipinski definition) is 8. The van der Waals surface area contributed by atoms with Gasteiger partial charge in [-0.15, -0.1) is 0 Å². The summed E-state index contributed by atoms with van der Waals surface area (Å²) in [6, 6.07) is 22.2. The second kappa shape index (κ2) is 19.3. The first-order valence-corrected chi connectivity index (χ1v) is 18.5. The van der Waals surface area contributed by atoms with Crippen LogP contribution in [-0.4, -0.2) is 55.1 Å². The Hall–Kier alpha value is -6.05. The largest absolute Gasteiger partial charge is 0.508 e. The molecule has 12 nitrogen and oxygen atoms in total. The van der Waals surface area contributed by atoms with Gasteiger partial charge in [-0.1, -0.05) is 68.9 Å². The molecule has 0 saturated carbocycles. The lowest BCUT2D eigenvalue weighted by Crippen LogP contribution is -2.28. The van der Waals surface area contributed by atoms with Crippen molar-refractivity contribution in [2.45, 2.75) is 64.3 Å². The van der Waals surface area contributed by atoms with Crippen LogP contribution in [0.5, 0.6) is 5.75 Å². The highest BCUT2D eigenvalue weighted by molar-refractivity contribution is 7.80. The van der Waals surface area contributed by atoms with E-state index in [1.165, 1.54) is 35.9 Å². The monoisotopic (exact) mass is 765 g/mol. The Bertz CT molecular complexity index is 2210. The molecular weight excluding hydrogens is 723 g/mol. The van der Waals surface area contributed by atoms with Crippen molar-refractivity contribution in [3.05, 3.63) is 118 Å². The average Bonchev–Trinajstić information content (AvgIpc) is 3.16. The number of phenols is 1. The van der Waals surface area contributed by atoms with Crippen molar-refractivity contribution < 1.29 is 39.3 Å². The van der Waals surface area contributed by atoms with Gasteiger partial charge in [0, 0.05) is 59.6 Å². The number of thiocarbonyl (C=S) groups is 1. The first-order valence-electron chi connectivity index (χ1n) is 18.1. The summed E-state index contributed by atoms with van der Waals surface area (Å²) in [4.78, 5) is 46.7. The zero-order chi connectivity index (χ0) is 39.3. The number of carbonyl (C=O) groups excluding carboxylic acids is 1. The summed E-state index contributed by atoms with van der Waals surface area (Å²) in [7, 11) is 0. The minimum absolute atomic E-state index is 0.0177. The summed E-state index contributed by atoms with van der Waals surface area (Å²) in [5.41, 5.74) is 4.38. The van der Waals surface area contributed by atoms with Crippen LogP contribution in [-0.2, 0) is 22.6 Å². The molecule has 1 amide bonds. The minimum Gasteiger partial charge on any atom is -0.508 e. The van der Waals surface area contributed by atoms with Gasteiger partial charge in [-0.25, -0.2) is 14.7 Å². The highest BCUT2D eigenvalue weighted by atomic mass is 32.1. The lowest BCUT2D eigenvalue weighted by atomic mass is 9.90. The lowest BCUT2D eigenvalue weighted by Gasteiger charge is -2.18. The SMILES string of the molecule is O=C(O)/C=C/C(=O)N(O)CCCCCCCCCCc1ccc(CNC(=S)Nc2ccc(-c3c4ccc(=O)cc-4oc4cc(O)ccc34)c(C(=O)O)c2)cc1. The summed E-state index contributed by atoms with van der Waals surface area (Å²) in [6.45, 7) is 0.654. The molecule has 3 aromatic rings. The zero-order valence-corrected chi connectivity index (χ0v) is 30.9. The van der Waals surface area contributed by atoms with Gasteiger partial charge in [0.05, 0.1) is 5.56 Å². The molecule has 13 heteroatoms. The molecule has 0 bridgehead atoms. The van der Waals surface area contributed by atoms with E-state index in [1.54, 1.807) is 24.3 Å². The van der Waals surface area contributed by atoms with Gasteiger partial charge < -0.3 is 30.4 Å². The number of carbonyl (C=O) groups is 3. The molecule has 6 N–H and O–H groups in total. The number of anilines is 1. The van der Waals surface area contributed by atoms with Crippen molar-refractivity contribution in [1.29, 1.82) is 0 Å². The van der Waals surface area contributed by atoms with E-state index in [0.717, 1.165) is 63.0 Å². The summed E-state index contributed by atoms with van der Waals surface area (Å²) in [5, 5.41) is 46.2. The summed E-state index contributed by atoms with van der Waals surface area (Å²) < 4.78 is 5.91. The fraction of sp³-hybridized carbons (Fsp3) is 0.262. The van der Waals surface area contributed by atoms with Crippen molar-refractivity contribution in [3.63, 3.8) is 0 Å². The first-order chi connectivity index (χ1) is 26.5. The predicted octanol–water partition coefficient (Wildman–Crippen LogP) is 7.98. The normalized spacial score (nSPS) is 11.2. The number of carboxylic acids is 2. The standard InChI is InChI=1S/C42H43N3O9S/c46-30-15-18-33-36(24-30)54-37-25-31(47)16-19-34(37)40(33)32-17-14-29(23-35(32)41(51)52)44-42(55)43-26-28-12-10-27(11-13-28)9-7-5-3-1-2-4-6-8-22-45(53)38(48)20-21-39(49)50/h10-21,23-25,46,53H,1-9,22,26H2,(H,49,50)(H,51,52)(H2,43,44,55)/b21-20+. The van der Waals surface area contributed by atoms with Gasteiger partial charge in [0.25, 0.3) is 5.91 Å². The smallest absolute Gasteiger partial charge is 0.336 e. The Kier molecular flexibility index (Phi) is 14.1. The quantitative estimate of drug-likeness (QED) is 0.0126. The van der Waals surface area contributed by atoms with Gasteiger partial charge >= 0.3 is 11.9 Å². The van der Waals surface area contributed by atoms with Gasteiger partial charge in [-0.2, -0.15) is 0 Å². The first kappa shape index (κ1) is 40.1. The van der Waals surface area contributed by atoms with Gasteiger partial charge in [0.2, 0.25) is 0 Å². The van der Waals surface area contributed by atoms with E-state index in [4.69, 9.17) is 21.7 Å². The maximum absolute atomic E-state index is 12.6. The number of carboxylic acid groups (broad SMARTS) is 2. The van der Waals surface area contributed by atoms with Crippen LogP contribution >= 0.6 is 12.2 Å². The molecule has 2 aliphatic rings. The number of benzene rings is 4. The number of rotatable bonds is 18. The molecule has 0 spiro atoms. The number of hydrogen-bond donors (Lipinski definition) is 6. The molecule has 286 valence electrons. The highest BCUT2D eigenvalue weighted by Crippen LogP contribution is 2.42. The molecule has 0 radical (unpaired) electrons. The highest BCUT2D eigenvalue weighted by Gasteiger charge is 2.22. The zero-order valence-electron chi connectivity index (χ0n) is 30.1. The fourth-order valence-corrected chi connectivity index (χ4v) is 6.53. The molecule has 0 unspecified atom stereocenters. The van der Waals surface area contributed by atoms with E-state index in [2.05, 4.69) is 34.9 Å². The number of amides is 1. The molecule has 0 saturated heterocycles. The van der Waals surface area contributed by atoms with Crippen LogP contribution in [0.4, 0.5) is 5.69 Å². The van der Waals surface area contributed by atoms with Crippen LogP contribution < -0.4 is 16.1 Å². The van der Waals surface area contributed by atoms with Crippen LogP contribution in [0.3, 0.4) is 0 Å². The number of nitrogens with one attached hydrogen (secondary N) is 2. The third-order valence-corrected chi connectivity index (χ3v) is 9.38. The summed E-state index contributed by atoms with van der Waals surface area (Å²) in [5.74, 6) is -2.87. The molecule has 55 heavy (non-hydrogen) atoms. The van der Waals surface area contributed by atoms with Crippen molar-refractivity contribution in [3.8, 4) is 28.2 Å². The van der Waals surface area contributed by atoms with E-state index in [9.17, 15) is 34.6 Å². The minimum atomic E-state index is -1.24. The predicted molar refractivity (Wildman–Crippen MR) is 214 cm³/mol. The maximum atomic E-state index is 12.6. The Morgan fingerprint density at radius 2 is 1.44 bits per heavy atom. The molecular formula is C42H43N3O9S. The molecule has 5 rings (SSSR count). The molecule has 0 aromatic heterocycles. The van der Waals surface area contributed by atoms with Crippen LogP contribution in [0.25, 0.3) is 33.4 Å². The summed E-state index contributed by atoms with van der Waals surface area (Å²) >= 11 is 5.53. The van der Waals surface area contributed by atoms with Gasteiger partial charge in [-0.05, 0) is 84.6 Å². The number of aryl methyl sites for hydroxylation is 1. The van der Waals surface area contributed by atoms with Crippen molar-refractivity contribution >= 4 is 51.8 Å². The number of nitrogens with zero attached hydrogens (tertiary/aromatic N) is 1. The van der Waals surface area contributed by atoms with Gasteiger partial charge in [0.15, 0.2) is 10.5 Å². The molecule has 1 heterocycles. The number of hydroxylamine groups is 2. The number of unbranched alkanes of at least 4 members (excludes halogenated alkanes) is 7. The topological polar surface area (TPSA) is 190 Å². The number of aliphatic carboxylic acids is 1. The molecule has 0 fully saturated rings. The van der Waals surface area contributed by atoms with Crippen LogP contribution in [0.1, 0.15) is 72.9 Å². The Morgan fingerprint density at radius 1 is 0.764 bits per heavy atom. The van der Waals surface area contributed by atoms with Gasteiger partial charge in [0.1, 0.15) is 17.1 Å². The van der Waals surface area contributed by atoms with E-state index in [0.29, 0.717) is 62.6 Å². The molecule has 3 aromatic carbocycles. The Morgan fingerprint density at radius 3 is 2.15 bits per heavy atom. The van der Waals surface area contributed by atoms with Gasteiger partial charge in [-0.3, -0.25) is 14.8 Å². The van der Waals surface area contributed by atoms with E-state index < -0.39 is 17.8 Å². The fourth-order valence-electron chi connectivity index (χ4n) is 6.34. The van der Waals surface area contributed by atoms with Crippen molar-refractivity contribution in [1.82, 2.24) is 10.4 Å². The van der Waals surface area contributed by atoms with Crippen LogP contribution in [0, 0.1) is 0 Å². The third kappa shape index (κ3) is 11.5. The van der Waals surface area contributed by atoms with Crippen molar-refractivity contribution in [2.24, 2.45) is 0 Å². The van der Waals surface area contributed by atoms with E-state index >= 15 is 0 Å². The lowest BCUT2D eigenvalue weighted by molar-refractivity contribution is -0.159. The number of fused-ring (bicyclic) bond motifs is 2. The van der Waals surface area contributed by atoms with Crippen LogP contribution in [0.15, 0.2) is 100 Å². The van der Waals surface area contributed by atoms with Crippen LogP contribution in [0.2, 0.25) is 0 Å². The molecule has 1 aliphatic heterocycles. The average molecular weight is 766 g/mol. The molecule has 0 atom stereocenters. The Labute approximate surface area is 323 Å². The maximum Gasteiger partial charge on any atom is 0.336 e. The Balaban J connectivity index is 1.06. The van der Waals surface area contributed by atoms with E-state index in [-0.39, 0.29) is 29.0 Å². The molecule has 1 aliphatic carbocycles. The second-order valence-corrected chi connectivity index (χ2v) is 13.6. The third-order valence-electron chi connectivity index (χ3n) is 9.14. The van der Waals surface area contributed by atoms with E-state index in [1.807, 2.05) is 0 Å². The second-order valence-electron chi connectivity index (χ2n) is 13.2.